The molecule has 1 heterocycles. The smallest absolute Gasteiger partial charge is 0.259 e. The van der Waals surface area contributed by atoms with Crippen molar-refractivity contribution in [3.05, 3.63) is 60.7 Å². The number of hydrogen-bond acceptors (Lipinski definition) is 5. The second kappa shape index (κ2) is 6.82. The number of nitrogens with zero attached hydrogens (tertiary/aromatic N) is 3. The molecule has 0 unspecified atom stereocenters. The van der Waals surface area contributed by atoms with Gasteiger partial charge in [0.25, 0.3) is 5.91 Å². The third-order valence-electron chi connectivity index (χ3n) is 3.46. The van der Waals surface area contributed by atoms with E-state index in [9.17, 15) is 4.79 Å². The summed E-state index contributed by atoms with van der Waals surface area (Å²) in [6.45, 7) is 0. The minimum Gasteiger partial charge on any atom is -0.497 e. The molecule has 7 heteroatoms. The molecule has 0 aliphatic heterocycles. The van der Waals surface area contributed by atoms with Crippen molar-refractivity contribution in [3.63, 3.8) is 0 Å². The first-order chi connectivity index (χ1) is 11.7. The number of benzene rings is 2. The summed E-state index contributed by atoms with van der Waals surface area (Å²) in [7, 11) is 3.07. The molecule has 0 aliphatic rings. The number of carbonyl (C=O) groups is 1. The summed E-state index contributed by atoms with van der Waals surface area (Å²) in [6, 6.07) is 12.3. The van der Waals surface area contributed by atoms with Crippen LogP contribution in [0.4, 0.5) is 5.69 Å². The highest BCUT2D eigenvalue weighted by molar-refractivity contribution is 6.06. The average Bonchev–Trinajstić information content (AvgIpc) is 3.16. The molecule has 1 aromatic heterocycles. The first-order valence-corrected chi connectivity index (χ1v) is 7.19. The van der Waals surface area contributed by atoms with Gasteiger partial charge in [-0.25, -0.2) is 9.67 Å². The number of nitrogens with one attached hydrogen (secondary N) is 1. The van der Waals surface area contributed by atoms with Crippen LogP contribution in [0.5, 0.6) is 11.5 Å². The molecule has 3 aromatic rings. The lowest BCUT2D eigenvalue weighted by Crippen LogP contribution is -2.13. The highest BCUT2D eigenvalue weighted by Gasteiger charge is 2.14. The average molecular weight is 324 g/mol. The number of rotatable bonds is 5. The summed E-state index contributed by atoms with van der Waals surface area (Å²) in [5.74, 6) is 0.786. The molecule has 0 spiro atoms. The summed E-state index contributed by atoms with van der Waals surface area (Å²) in [6.07, 6.45) is 3.07. The van der Waals surface area contributed by atoms with Gasteiger partial charge >= 0.3 is 0 Å². The third-order valence-corrected chi connectivity index (χ3v) is 3.46. The fraction of sp³-hybridized carbons (Fsp3) is 0.118. The van der Waals surface area contributed by atoms with Gasteiger partial charge in [0, 0.05) is 5.69 Å². The van der Waals surface area contributed by atoms with Crippen molar-refractivity contribution in [2.24, 2.45) is 0 Å². The molecule has 0 saturated carbocycles. The van der Waals surface area contributed by atoms with Crippen LogP contribution in [0.15, 0.2) is 55.1 Å². The Balaban J connectivity index is 1.80. The first kappa shape index (κ1) is 15.5. The number of methoxy groups -OCH3 is 2. The van der Waals surface area contributed by atoms with Crippen molar-refractivity contribution in [3.8, 4) is 17.2 Å². The number of carbonyl (C=O) groups excluding carboxylic acids is 1. The molecule has 3 rings (SSSR count). The van der Waals surface area contributed by atoms with E-state index >= 15 is 0 Å². The summed E-state index contributed by atoms with van der Waals surface area (Å²) < 4.78 is 12.0. The lowest BCUT2D eigenvalue weighted by Gasteiger charge is -2.11. The van der Waals surface area contributed by atoms with E-state index in [1.54, 1.807) is 48.5 Å². The molecule has 0 bridgehead atoms. The highest BCUT2D eigenvalue weighted by Crippen LogP contribution is 2.25. The van der Waals surface area contributed by atoms with Crippen LogP contribution in [-0.4, -0.2) is 34.9 Å². The number of amides is 1. The Bertz CT molecular complexity index is 830. The van der Waals surface area contributed by atoms with Crippen LogP contribution in [-0.2, 0) is 0 Å². The van der Waals surface area contributed by atoms with E-state index in [0.29, 0.717) is 22.7 Å². The minimum atomic E-state index is -0.278. The first-order valence-electron chi connectivity index (χ1n) is 7.19. The highest BCUT2D eigenvalue weighted by atomic mass is 16.5. The number of hydrogen-bond donors (Lipinski definition) is 1. The Hall–Kier alpha value is -3.35. The molecule has 0 aliphatic carbocycles. The van der Waals surface area contributed by atoms with Gasteiger partial charge in [0.2, 0.25) is 0 Å². The largest absolute Gasteiger partial charge is 0.497 e. The van der Waals surface area contributed by atoms with Gasteiger partial charge in [-0.2, -0.15) is 5.10 Å². The standard InChI is InChI=1S/C17H16N4O3/c1-23-14-7-8-16(24-2)15(9-14)17(22)20-12-3-5-13(6-4-12)21-11-18-10-19-21/h3-11H,1-2H3,(H,20,22). The van der Waals surface area contributed by atoms with E-state index in [0.717, 1.165) is 5.69 Å². The van der Waals surface area contributed by atoms with Crippen molar-refractivity contribution in [1.82, 2.24) is 14.8 Å². The van der Waals surface area contributed by atoms with Crippen molar-refractivity contribution in [2.75, 3.05) is 19.5 Å². The Morgan fingerprint density at radius 3 is 2.50 bits per heavy atom. The van der Waals surface area contributed by atoms with Crippen LogP contribution >= 0.6 is 0 Å². The van der Waals surface area contributed by atoms with E-state index in [4.69, 9.17) is 9.47 Å². The van der Waals surface area contributed by atoms with Crippen LogP contribution in [0, 0.1) is 0 Å². The molecule has 1 N–H and O–H groups in total. The molecule has 0 fully saturated rings. The van der Waals surface area contributed by atoms with Gasteiger partial charge in [0.15, 0.2) is 0 Å². The monoisotopic (exact) mass is 324 g/mol. The van der Waals surface area contributed by atoms with Gasteiger partial charge < -0.3 is 14.8 Å². The van der Waals surface area contributed by atoms with Gasteiger partial charge in [-0.3, -0.25) is 4.79 Å². The molecule has 122 valence electrons. The maximum atomic E-state index is 12.5. The van der Waals surface area contributed by atoms with Crippen LogP contribution in [0.3, 0.4) is 0 Å². The van der Waals surface area contributed by atoms with Gasteiger partial charge in [0.1, 0.15) is 24.2 Å². The maximum absolute atomic E-state index is 12.5. The van der Waals surface area contributed by atoms with Gasteiger partial charge in [-0.1, -0.05) is 0 Å². The topological polar surface area (TPSA) is 78.3 Å². The summed E-state index contributed by atoms with van der Waals surface area (Å²) in [5, 5.41) is 6.89. The molecular weight excluding hydrogens is 308 g/mol. The molecule has 7 nitrogen and oxygen atoms in total. The SMILES string of the molecule is COc1ccc(OC)c(C(=O)Nc2ccc(-n3cncn3)cc2)c1. The van der Waals surface area contributed by atoms with E-state index in [2.05, 4.69) is 15.4 Å². The Morgan fingerprint density at radius 2 is 1.88 bits per heavy atom. The molecular formula is C17H16N4O3. The molecule has 0 radical (unpaired) electrons. The number of anilines is 1. The van der Waals surface area contributed by atoms with Gasteiger partial charge in [-0.15, -0.1) is 0 Å². The quantitative estimate of drug-likeness (QED) is 0.780. The Labute approximate surface area is 138 Å². The van der Waals surface area contributed by atoms with Crippen LogP contribution in [0.25, 0.3) is 5.69 Å². The van der Waals surface area contributed by atoms with Crippen molar-refractivity contribution in [1.29, 1.82) is 0 Å². The van der Waals surface area contributed by atoms with Gasteiger partial charge in [0.05, 0.1) is 25.5 Å². The third kappa shape index (κ3) is 3.19. The van der Waals surface area contributed by atoms with E-state index in [1.807, 2.05) is 12.1 Å². The second-order valence-corrected chi connectivity index (χ2v) is 4.91. The lowest BCUT2D eigenvalue weighted by molar-refractivity contribution is 0.102. The molecule has 1 amide bonds. The van der Waals surface area contributed by atoms with Crippen LogP contribution < -0.4 is 14.8 Å². The second-order valence-electron chi connectivity index (χ2n) is 4.91. The zero-order chi connectivity index (χ0) is 16.9. The van der Waals surface area contributed by atoms with Crippen molar-refractivity contribution >= 4 is 11.6 Å². The number of aromatic nitrogens is 3. The van der Waals surface area contributed by atoms with Crippen molar-refractivity contribution in [2.45, 2.75) is 0 Å². The molecule has 0 saturated heterocycles. The molecule has 24 heavy (non-hydrogen) atoms. The zero-order valence-corrected chi connectivity index (χ0v) is 13.3. The fourth-order valence-electron chi connectivity index (χ4n) is 2.23. The fourth-order valence-corrected chi connectivity index (χ4v) is 2.23. The van der Waals surface area contributed by atoms with Crippen molar-refractivity contribution < 1.29 is 14.3 Å². The molecule has 0 atom stereocenters. The summed E-state index contributed by atoms with van der Waals surface area (Å²) in [5.41, 5.74) is 1.91. The predicted octanol–water partition coefficient (Wildman–Crippen LogP) is 2.54. The summed E-state index contributed by atoms with van der Waals surface area (Å²) >= 11 is 0. The summed E-state index contributed by atoms with van der Waals surface area (Å²) in [4.78, 5) is 16.4. The lowest BCUT2D eigenvalue weighted by atomic mass is 10.1. The van der Waals surface area contributed by atoms with Crippen LogP contribution in [0.1, 0.15) is 10.4 Å². The minimum absolute atomic E-state index is 0.278. The zero-order valence-electron chi connectivity index (χ0n) is 13.3. The van der Waals surface area contributed by atoms with E-state index in [-0.39, 0.29) is 5.91 Å². The number of ether oxygens (including phenoxy) is 2. The Kier molecular flexibility index (Phi) is 4.42. The maximum Gasteiger partial charge on any atom is 0.259 e. The predicted molar refractivity (Wildman–Crippen MR) is 88.9 cm³/mol. The van der Waals surface area contributed by atoms with Crippen LogP contribution in [0.2, 0.25) is 0 Å². The van der Waals surface area contributed by atoms with E-state index in [1.165, 1.54) is 13.4 Å². The molecule has 2 aromatic carbocycles. The van der Waals surface area contributed by atoms with E-state index < -0.39 is 0 Å². The normalized spacial score (nSPS) is 10.2. The Morgan fingerprint density at radius 1 is 1.08 bits per heavy atom. The van der Waals surface area contributed by atoms with Gasteiger partial charge in [-0.05, 0) is 42.5 Å².